The van der Waals surface area contributed by atoms with Crippen LogP contribution in [0.3, 0.4) is 0 Å². The number of halogens is 2. The van der Waals surface area contributed by atoms with E-state index in [2.05, 4.69) is 0 Å². The Morgan fingerprint density at radius 1 is 0.692 bits per heavy atom. The molecule has 0 unspecified atom stereocenters. The molecular formula is C33H27F2O3S+. The van der Waals surface area contributed by atoms with Crippen molar-refractivity contribution in [2.75, 3.05) is 6.61 Å². The number of benzene rings is 5. The second kappa shape index (κ2) is 11.3. The van der Waals surface area contributed by atoms with E-state index in [1.807, 2.05) is 68.4 Å². The van der Waals surface area contributed by atoms with E-state index < -0.39 is 22.5 Å². The van der Waals surface area contributed by atoms with Gasteiger partial charge in [0, 0.05) is 5.56 Å². The molecule has 0 aliphatic heterocycles. The number of ether oxygens (including phenoxy) is 2. The molecular weight excluding hydrogens is 514 g/mol. The number of rotatable bonds is 8. The van der Waals surface area contributed by atoms with Crippen LogP contribution in [0.15, 0.2) is 130 Å². The van der Waals surface area contributed by atoms with Gasteiger partial charge in [-0.2, -0.15) is 0 Å². The lowest BCUT2D eigenvalue weighted by atomic mass is 9.92. The third-order valence-corrected chi connectivity index (χ3v) is 8.55. The van der Waals surface area contributed by atoms with Crippen molar-refractivity contribution in [3.05, 3.63) is 132 Å². The van der Waals surface area contributed by atoms with Crippen molar-refractivity contribution in [3.63, 3.8) is 0 Å². The summed E-state index contributed by atoms with van der Waals surface area (Å²) in [5, 5.41) is 2.11. The van der Waals surface area contributed by atoms with Gasteiger partial charge in [-0.05, 0) is 97.4 Å². The van der Waals surface area contributed by atoms with Crippen molar-refractivity contribution in [2.45, 2.75) is 34.1 Å². The molecule has 0 aliphatic rings. The zero-order valence-electron chi connectivity index (χ0n) is 21.6. The molecule has 39 heavy (non-hydrogen) atoms. The van der Waals surface area contributed by atoms with Crippen molar-refractivity contribution < 1.29 is 23.0 Å². The zero-order chi connectivity index (χ0) is 27.4. The predicted octanol–water partition coefficient (Wildman–Crippen LogP) is 8.07. The van der Waals surface area contributed by atoms with E-state index in [9.17, 15) is 13.6 Å². The van der Waals surface area contributed by atoms with Crippen LogP contribution in [-0.4, -0.2) is 12.6 Å². The molecule has 0 amide bonds. The molecule has 0 bridgehead atoms. The molecule has 5 aromatic carbocycles. The van der Waals surface area contributed by atoms with E-state index in [0.29, 0.717) is 5.75 Å². The zero-order valence-corrected chi connectivity index (χ0v) is 22.4. The molecule has 5 aromatic rings. The third-order valence-electron chi connectivity index (χ3n) is 6.32. The molecule has 0 spiro atoms. The van der Waals surface area contributed by atoms with Crippen LogP contribution >= 0.6 is 0 Å². The van der Waals surface area contributed by atoms with Crippen molar-refractivity contribution in [1.82, 2.24) is 0 Å². The Morgan fingerprint density at radius 3 is 1.79 bits per heavy atom. The lowest BCUT2D eigenvalue weighted by Crippen LogP contribution is -2.28. The van der Waals surface area contributed by atoms with Gasteiger partial charge in [0.05, 0.1) is 10.9 Å². The maximum atomic E-state index is 13.6. The smallest absolute Gasteiger partial charge is 0.345 e. The largest absolute Gasteiger partial charge is 0.482 e. The van der Waals surface area contributed by atoms with Gasteiger partial charge in [0.1, 0.15) is 23.0 Å². The van der Waals surface area contributed by atoms with Gasteiger partial charge in [0.2, 0.25) is 0 Å². The maximum absolute atomic E-state index is 13.6. The van der Waals surface area contributed by atoms with E-state index in [1.54, 1.807) is 36.4 Å². The molecule has 0 N–H and O–H groups in total. The quantitative estimate of drug-likeness (QED) is 0.147. The summed E-state index contributed by atoms with van der Waals surface area (Å²) in [6.07, 6.45) is 0. The third kappa shape index (κ3) is 6.13. The van der Waals surface area contributed by atoms with Crippen LogP contribution < -0.4 is 4.74 Å². The van der Waals surface area contributed by atoms with E-state index in [4.69, 9.17) is 9.47 Å². The highest BCUT2D eigenvalue weighted by Crippen LogP contribution is 2.33. The molecule has 0 radical (unpaired) electrons. The van der Waals surface area contributed by atoms with Crippen LogP contribution in [0.25, 0.3) is 10.8 Å². The first-order valence-corrected chi connectivity index (χ1v) is 13.7. The fourth-order valence-electron chi connectivity index (χ4n) is 4.48. The summed E-state index contributed by atoms with van der Waals surface area (Å²) in [5.41, 5.74) is 0.0796. The molecule has 0 heterocycles. The molecule has 6 heteroatoms. The highest BCUT2D eigenvalue weighted by molar-refractivity contribution is 7.97. The van der Waals surface area contributed by atoms with Crippen LogP contribution in [-0.2, 0) is 26.0 Å². The first-order valence-electron chi connectivity index (χ1n) is 12.5. The predicted molar refractivity (Wildman–Crippen MR) is 150 cm³/mol. The van der Waals surface area contributed by atoms with Gasteiger partial charge >= 0.3 is 5.97 Å². The van der Waals surface area contributed by atoms with Gasteiger partial charge in [-0.25, -0.2) is 13.6 Å². The second-order valence-corrected chi connectivity index (χ2v) is 11.5. The molecule has 0 aromatic heterocycles. The van der Waals surface area contributed by atoms with Crippen molar-refractivity contribution >= 4 is 27.6 Å². The van der Waals surface area contributed by atoms with Crippen LogP contribution in [0.2, 0.25) is 0 Å². The van der Waals surface area contributed by atoms with Crippen molar-refractivity contribution in [2.24, 2.45) is 0 Å². The van der Waals surface area contributed by atoms with Gasteiger partial charge in [0.25, 0.3) is 0 Å². The van der Waals surface area contributed by atoms with Gasteiger partial charge in [-0.15, -0.1) is 0 Å². The highest BCUT2D eigenvalue weighted by Gasteiger charge is 2.30. The Labute approximate surface area is 229 Å². The van der Waals surface area contributed by atoms with Gasteiger partial charge in [-0.3, -0.25) is 0 Å². The van der Waals surface area contributed by atoms with E-state index in [0.717, 1.165) is 31.0 Å². The molecule has 3 nitrogen and oxygen atoms in total. The van der Waals surface area contributed by atoms with Crippen molar-refractivity contribution in [3.8, 4) is 5.75 Å². The summed E-state index contributed by atoms with van der Waals surface area (Å²) >= 11 is 0. The Bertz CT molecular complexity index is 1530. The first-order chi connectivity index (χ1) is 18.8. The summed E-state index contributed by atoms with van der Waals surface area (Å²) in [4.78, 5) is 15.5. The molecule has 0 saturated heterocycles. The minimum absolute atomic E-state index is 0.241. The first kappa shape index (κ1) is 26.4. The normalized spacial score (nSPS) is 11.5. The van der Waals surface area contributed by atoms with E-state index in [1.165, 1.54) is 24.3 Å². The molecule has 0 saturated carbocycles. The molecule has 196 valence electrons. The summed E-state index contributed by atoms with van der Waals surface area (Å²) in [5.74, 6) is -0.601. The Balaban J connectivity index is 1.29. The van der Waals surface area contributed by atoms with Crippen molar-refractivity contribution in [1.29, 1.82) is 0 Å². The number of fused-ring (bicyclic) bond motifs is 1. The van der Waals surface area contributed by atoms with E-state index in [-0.39, 0.29) is 18.2 Å². The number of carbonyl (C=O) groups excluding carboxylic acids is 1. The summed E-state index contributed by atoms with van der Waals surface area (Å²) in [6.45, 7) is 3.50. The van der Waals surface area contributed by atoms with Gasteiger partial charge in [0.15, 0.2) is 21.3 Å². The fourth-order valence-corrected chi connectivity index (χ4v) is 6.52. The summed E-state index contributed by atoms with van der Waals surface area (Å²) in [6, 6.07) is 33.9. The SMILES string of the molecule is CC(C)(OC(=O)COc1ccc([S+](c2ccc(F)cc2)c2ccc(F)cc2)cc1)c1cccc2ccccc12. The number of esters is 1. The number of hydrogen-bond acceptors (Lipinski definition) is 3. The van der Waals surface area contributed by atoms with Gasteiger partial charge < -0.3 is 9.47 Å². The van der Waals surface area contributed by atoms with E-state index >= 15 is 0 Å². The standard InChI is InChI=1S/C33H27F2O3S/c1-33(2,31-9-5-7-23-6-3-4-8-30(23)31)38-32(36)22-37-26-14-20-29(21-15-26)39(27-16-10-24(34)11-17-27)28-18-12-25(35)13-19-28/h3-21H,22H2,1-2H3/q+1. The number of hydrogen-bond donors (Lipinski definition) is 0. The molecule has 5 rings (SSSR count). The number of carbonyl (C=O) groups is 1. The molecule has 0 fully saturated rings. The minimum atomic E-state index is -0.843. The summed E-state index contributed by atoms with van der Waals surface area (Å²) < 4.78 is 38.7. The van der Waals surface area contributed by atoms with Crippen LogP contribution in [0.5, 0.6) is 5.75 Å². The highest BCUT2D eigenvalue weighted by atomic mass is 32.2. The molecule has 0 atom stereocenters. The average Bonchev–Trinajstić information content (AvgIpc) is 2.94. The Kier molecular flexibility index (Phi) is 7.66. The van der Waals surface area contributed by atoms with Gasteiger partial charge in [-0.1, -0.05) is 42.5 Å². The van der Waals surface area contributed by atoms with Crippen LogP contribution in [0, 0.1) is 11.6 Å². The maximum Gasteiger partial charge on any atom is 0.345 e. The second-order valence-electron chi connectivity index (χ2n) is 9.49. The lowest BCUT2D eigenvalue weighted by Gasteiger charge is -2.27. The monoisotopic (exact) mass is 541 g/mol. The minimum Gasteiger partial charge on any atom is -0.482 e. The summed E-state index contributed by atoms with van der Waals surface area (Å²) in [7, 11) is -0.579. The van der Waals surface area contributed by atoms with Crippen LogP contribution in [0.4, 0.5) is 8.78 Å². The Hall–Kier alpha value is -4.16. The van der Waals surface area contributed by atoms with Crippen LogP contribution in [0.1, 0.15) is 19.4 Å². The Morgan fingerprint density at radius 2 is 1.21 bits per heavy atom. The average molecular weight is 542 g/mol. The lowest BCUT2D eigenvalue weighted by molar-refractivity contribution is -0.159. The fraction of sp³-hybridized carbons (Fsp3) is 0.121. The topological polar surface area (TPSA) is 35.5 Å². The molecule has 0 aliphatic carbocycles.